The molecule has 1 aliphatic rings. The van der Waals surface area contributed by atoms with E-state index in [1.807, 2.05) is 29.4 Å². The second kappa shape index (κ2) is 4.46. The molecule has 0 saturated carbocycles. The molecule has 0 aliphatic carbocycles. The van der Waals surface area contributed by atoms with Crippen LogP contribution in [0.1, 0.15) is 0 Å². The molecule has 0 radical (unpaired) electrons. The molecule has 0 aromatic carbocycles. The fraction of sp³-hybridized carbons (Fsp3) is 0. The van der Waals surface area contributed by atoms with Crippen LogP contribution in [0.5, 0.6) is 0 Å². The molecule has 1 heterocycles. The van der Waals surface area contributed by atoms with E-state index in [4.69, 9.17) is 0 Å². The van der Waals surface area contributed by atoms with E-state index >= 15 is 0 Å². The third kappa shape index (κ3) is 2.93. The Balaban J connectivity index is 0.000000360. The number of hydrogen-bond donors (Lipinski definition) is 0. The molecule has 0 aromatic rings. The molecule has 0 N–H and O–H groups in total. The minimum absolute atomic E-state index is 0. The maximum atomic E-state index is 2.04. The Hall–Kier alpha value is 0.297. The second-order valence-corrected chi connectivity index (χ2v) is 1.80. The summed E-state index contributed by atoms with van der Waals surface area (Å²) in [6, 6.07) is 0. The van der Waals surface area contributed by atoms with Crippen LogP contribution in [0.15, 0.2) is 23.6 Å². The minimum Gasteiger partial charge on any atom is -0.218 e. The average Bonchev–Trinajstić information content (AvgIpc) is 1.72. The minimum atomic E-state index is 0. The summed E-state index contributed by atoms with van der Waals surface area (Å²) in [5, 5.41) is 2.04. The van der Waals surface area contributed by atoms with Gasteiger partial charge in [-0.05, 0) is 0 Å². The van der Waals surface area contributed by atoms with Crippen LogP contribution in [0.2, 0.25) is 0 Å². The molecule has 1 aliphatic heterocycles. The average molecular weight is 104 g/mol. The zero-order valence-corrected chi connectivity index (χ0v) is 5.11. The van der Waals surface area contributed by atoms with Crippen LogP contribution in [0, 0.1) is 5.75 Å². The fourth-order valence-corrected chi connectivity index (χ4v) is 0.745. The first-order chi connectivity index (χ1) is 3.00. The van der Waals surface area contributed by atoms with E-state index in [0.717, 1.165) is 0 Å². The van der Waals surface area contributed by atoms with Crippen LogP contribution < -0.4 is 18.9 Å². The summed E-state index contributed by atoms with van der Waals surface area (Å²) in [6.07, 6.45) is 6.05. The van der Waals surface area contributed by atoms with Gasteiger partial charge in [0.15, 0.2) is 0 Å². The number of thioether (sulfide) groups is 1. The van der Waals surface area contributed by atoms with Crippen molar-refractivity contribution < 1.29 is 18.9 Å². The second-order valence-electron chi connectivity index (χ2n) is 0.986. The molecule has 0 unspecified atom stereocenters. The van der Waals surface area contributed by atoms with Crippen LogP contribution in [-0.2, 0) is 0 Å². The first-order valence-electron chi connectivity index (χ1n) is 1.80. The normalized spacial score (nSPS) is 14.9. The summed E-state index contributed by atoms with van der Waals surface area (Å²) in [7, 11) is 0. The summed E-state index contributed by atoms with van der Waals surface area (Å²) >= 11 is 1.70. The van der Waals surface area contributed by atoms with Gasteiger partial charge in [0.1, 0.15) is 0 Å². The quantitative estimate of drug-likeness (QED) is 0.280. The van der Waals surface area contributed by atoms with Gasteiger partial charge in [0.25, 0.3) is 0 Å². The molecule has 0 nitrogen and oxygen atoms in total. The predicted molar refractivity (Wildman–Crippen MR) is 30.2 cm³/mol. The van der Waals surface area contributed by atoms with E-state index in [9.17, 15) is 0 Å². The smallest absolute Gasteiger partial charge is 0.218 e. The van der Waals surface area contributed by atoms with E-state index in [1.54, 1.807) is 11.8 Å². The van der Waals surface area contributed by atoms with Gasteiger partial charge >= 0.3 is 18.9 Å². The van der Waals surface area contributed by atoms with E-state index in [-0.39, 0.29) is 18.9 Å². The van der Waals surface area contributed by atoms with Gasteiger partial charge in [-0.15, -0.1) is 6.08 Å². The zero-order chi connectivity index (χ0) is 4.24. The van der Waals surface area contributed by atoms with Crippen molar-refractivity contribution in [3.8, 4) is 0 Å². The molecular formula is C5H5LiS. The van der Waals surface area contributed by atoms with E-state index in [2.05, 4.69) is 0 Å². The summed E-state index contributed by atoms with van der Waals surface area (Å²) < 4.78 is 0. The van der Waals surface area contributed by atoms with Gasteiger partial charge < -0.3 is 0 Å². The number of allylic oxidation sites excluding steroid dienone is 2. The van der Waals surface area contributed by atoms with Crippen LogP contribution in [-0.4, -0.2) is 0 Å². The number of rotatable bonds is 0. The van der Waals surface area contributed by atoms with Crippen LogP contribution in [0.25, 0.3) is 0 Å². The standard InChI is InChI=1S/C5H5S.Li/c1-2-4-6-5-3-1;/h1-5H;/q-1;+1. The van der Waals surface area contributed by atoms with Crippen molar-refractivity contribution in [2.45, 2.75) is 0 Å². The van der Waals surface area contributed by atoms with Crippen molar-refractivity contribution in [1.82, 2.24) is 0 Å². The molecule has 0 atom stereocenters. The largest absolute Gasteiger partial charge is 1.00 e. The Kier molecular flexibility index (Phi) is 4.65. The predicted octanol–water partition coefficient (Wildman–Crippen LogP) is -1.03. The molecule has 0 spiro atoms. The summed E-state index contributed by atoms with van der Waals surface area (Å²) in [5.41, 5.74) is 0. The van der Waals surface area contributed by atoms with Gasteiger partial charge in [0.05, 0.1) is 0 Å². The third-order valence-electron chi connectivity index (χ3n) is 0.536. The van der Waals surface area contributed by atoms with Crippen LogP contribution >= 0.6 is 11.8 Å². The van der Waals surface area contributed by atoms with Crippen molar-refractivity contribution in [3.63, 3.8) is 0 Å². The maximum Gasteiger partial charge on any atom is 1.00 e. The summed E-state index contributed by atoms with van der Waals surface area (Å²) in [5.74, 6) is 2.04. The SMILES string of the molecule is C1=C[CH-]SC=C1.[Li+]. The zero-order valence-electron chi connectivity index (χ0n) is 4.29. The summed E-state index contributed by atoms with van der Waals surface area (Å²) in [6.45, 7) is 0. The Morgan fingerprint density at radius 3 is 2.29 bits per heavy atom. The molecule has 2 heteroatoms. The maximum absolute atomic E-state index is 2.04. The van der Waals surface area contributed by atoms with E-state index in [0.29, 0.717) is 0 Å². The van der Waals surface area contributed by atoms with Gasteiger partial charge in [-0.3, -0.25) is 0 Å². The van der Waals surface area contributed by atoms with Crippen molar-refractivity contribution >= 4 is 11.8 Å². The first-order valence-corrected chi connectivity index (χ1v) is 2.75. The van der Waals surface area contributed by atoms with E-state index in [1.165, 1.54) is 0 Å². The Bertz CT molecular complexity index is 74.1. The van der Waals surface area contributed by atoms with Gasteiger partial charge in [0.2, 0.25) is 0 Å². The van der Waals surface area contributed by atoms with Crippen molar-refractivity contribution in [2.75, 3.05) is 0 Å². The monoisotopic (exact) mass is 104 g/mol. The van der Waals surface area contributed by atoms with Gasteiger partial charge in [-0.2, -0.15) is 5.75 Å². The molecule has 0 fully saturated rings. The fourth-order valence-electron chi connectivity index (χ4n) is 0.291. The Morgan fingerprint density at radius 2 is 2.14 bits per heavy atom. The Labute approximate surface area is 60.2 Å². The molecule has 0 bridgehead atoms. The molecule has 1 rings (SSSR count). The summed E-state index contributed by atoms with van der Waals surface area (Å²) in [4.78, 5) is 0. The van der Waals surface area contributed by atoms with Gasteiger partial charge in [-0.1, -0.05) is 5.41 Å². The molecular weight excluding hydrogens is 99.1 g/mol. The van der Waals surface area contributed by atoms with Crippen LogP contribution in [0.4, 0.5) is 0 Å². The van der Waals surface area contributed by atoms with Gasteiger partial charge in [-0.25, -0.2) is 23.9 Å². The van der Waals surface area contributed by atoms with E-state index < -0.39 is 0 Å². The third-order valence-corrected chi connectivity index (χ3v) is 1.17. The van der Waals surface area contributed by atoms with Gasteiger partial charge in [0, 0.05) is 0 Å². The van der Waals surface area contributed by atoms with Crippen molar-refractivity contribution in [1.29, 1.82) is 0 Å². The topological polar surface area (TPSA) is 0 Å². The Morgan fingerprint density at radius 1 is 1.29 bits per heavy atom. The number of hydrogen-bond acceptors (Lipinski definition) is 1. The molecule has 0 aromatic heterocycles. The molecule has 7 heavy (non-hydrogen) atoms. The van der Waals surface area contributed by atoms with Crippen molar-refractivity contribution in [3.05, 3.63) is 29.4 Å². The molecule has 0 amide bonds. The first kappa shape index (κ1) is 7.30. The molecule has 32 valence electrons. The van der Waals surface area contributed by atoms with Crippen LogP contribution in [0.3, 0.4) is 0 Å². The van der Waals surface area contributed by atoms with Crippen molar-refractivity contribution in [2.24, 2.45) is 0 Å². The molecule has 0 saturated heterocycles.